The van der Waals surface area contributed by atoms with Crippen LogP contribution in [-0.2, 0) is 19.5 Å². The number of hydrogen-bond acceptors (Lipinski definition) is 9. The fraction of sp³-hybridized carbons (Fsp3) is 0.429. The van der Waals surface area contributed by atoms with E-state index in [-0.39, 0.29) is 5.82 Å². The van der Waals surface area contributed by atoms with Crippen LogP contribution in [0.4, 0.5) is 10.3 Å². The number of hydrogen-bond donors (Lipinski definition) is 0. The Morgan fingerprint density at radius 2 is 1.55 bits per heavy atom. The number of anilines is 1. The van der Waals surface area contributed by atoms with Crippen LogP contribution in [-0.4, -0.2) is 80.9 Å². The summed E-state index contributed by atoms with van der Waals surface area (Å²) in [6.07, 6.45) is 0.767. The third-order valence-corrected chi connectivity index (χ3v) is 7.03. The number of methoxy groups -OCH3 is 3. The van der Waals surface area contributed by atoms with Gasteiger partial charge in [0.25, 0.3) is 0 Å². The molecule has 2 aliphatic heterocycles. The van der Waals surface area contributed by atoms with Crippen molar-refractivity contribution < 1.29 is 23.3 Å². The summed E-state index contributed by atoms with van der Waals surface area (Å²) in [5, 5.41) is 0. The second kappa shape index (κ2) is 11.4. The van der Waals surface area contributed by atoms with Crippen LogP contribution in [0.2, 0.25) is 0 Å². The summed E-state index contributed by atoms with van der Waals surface area (Å²) in [7, 11) is 6.95. The van der Waals surface area contributed by atoms with Gasteiger partial charge in [-0.15, -0.1) is 0 Å². The predicted molar refractivity (Wildman–Crippen MR) is 142 cm³/mol. The van der Waals surface area contributed by atoms with Gasteiger partial charge in [-0.1, -0.05) is 0 Å². The molecule has 9 nitrogen and oxygen atoms in total. The quantitative estimate of drug-likeness (QED) is 0.439. The third kappa shape index (κ3) is 5.61. The molecule has 5 rings (SSSR count). The summed E-state index contributed by atoms with van der Waals surface area (Å²) in [5.74, 6) is 3.26. The highest BCUT2D eigenvalue weighted by atomic mass is 19.1. The molecule has 2 aromatic carbocycles. The molecule has 0 radical (unpaired) electrons. The lowest BCUT2D eigenvalue weighted by atomic mass is 10.1. The molecule has 0 N–H and O–H groups in total. The lowest BCUT2D eigenvalue weighted by Crippen LogP contribution is -2.45. The number of ether oxygens (including phenoxy) is 4. The first-order chi connectivity index (χ1) is 18.5. The number of fused-ring (bicyclic) bond motifs is 1. The molecular weight excluding hydrogens is 489 g/mol. The highest BCUT2D eigenvalue weighted by Gasteiger charge is 2.27. The molecule has 10 heteroatoms. The van der Waals surface area contributed by atoms with Crippen molar-refractivity contribution >= 4 is 5.95 Å². The summed E-state index contributed by atoms with van der Waals surface area (Å²) in [4.78, 5) is 16.7. The zero-order valence-electron chi connectivity index (χ0n) is 22.4. The maximum Gasteiger partial charge on any atom is 0.228 e. The number of aromatic nitrogens is 2. The molecule has 3 aromatic rings. The maximum absolute atomic E-state index is 13.5. The van der Waals surface area contributed by atoms with Gasteiger partial charge in [0.15, 0.2) is 11.5 Å². The van der Waals surface area contributed by atoms with E-state index in [1.54, 1.807) is 33.5 Å². The van der Waals surface area contributed by atoms with Crippen LogP contribution in [0.5, 0.6) is 28.9 Å². The van der Waals surface area contributed by atoms with Crippen molar-refractivity contribution in [3.8, 4) is 28.9 Å². The van der Waals surface area contributed by atoms with Crippen LogP contribution in [0, 0.1) is 5.82 Å². The molecule has 2 aliphatic rings. The highest BCUT2D eigenvalue weighted by molar-refractivity contribution is 5.54. The molecule has 202 valence electrons. The zero-order valence-corrected chi connectivity index (χ0v) is 22.4. The Labute approximate surface area is 222 Å². The Balaban J connectivity index is 1.43. The van der Waals surface area contributed by atoms with Gasteiger partial charge in [-0.3, -0.25) is 4.90 Å². The van der Waals surface area contributed by atoms with Crippen LogP contribution in [0.25, 0.3) is 0 Å². The van der Waals surface area contributed by atoms with Crippen LogP contribution < -0.4 is 23.8 Å². The van der Waals surface area contributed by atoms with Gasteiger partial charge in [0.05, 0.1) is 32.6 Å². The summed E-state index contributed by atoms with van der Waals surface area (Å²) in [6.45, 7) is 5.75. The van der Waals surface area contributed by atoms with Crippen molar-refractivity contribution in [2.45, 2.75) is 19.5 Å². The van der Waals surface area contributed by atoms with Gasteiger partial charge in [0, 0.05) is 52.2 Å². The van der Waals surface area contributed by atoms with Gasteiger partial charge in [-0.2, -0.15) is 4.98 Å². The Bertz CT molecular complexity index is 1240. The molecule has 0 atom stereocenters. The largest absolute Gasteiger partial charge is 0.493 e. The van der Waals surface area contributed by atoms with E-state index in [0.717, 1.165) is 56.0 Å². The molecule has 0 spiro atoms. The maximum atomic E-state index is 13.5. The van der Waals surface area contributed by atoms with Gasteiger partial charge in [0.1, 0.15) is 11.6 Å². The van der Waals surface area contributed by atoms with Crippen LogP contribution in [0.1, 0.15) is 16.8 Å². The van der Waals surface area contributed by atoms with Crippen molar-refractivity contribution in [3.05, 3.63) is 59.0 Å². The lowest BCUT2D eigenvalue weighted by Gasteiger charge is -2.34. The predicted octanol–water partition coefficient (Wildman–Crippen LogP) is 3.74. The smallest absolute Gasteiger partial charge is 0.228 e. The molecule has 1 saturated heterocycles. The minimum Gasteiger partial charge on any atom is -0.493 e. The molecule has 0 bridgehead atoms. The molecule has 1 fully saturated rings. The Hall–Kier alpha value is -3.63. The first kappa shape index (κ1) is 26.0. The van der Waals surface area contributed by atoms with Gasteiger partial charge < -0.3 is 28.7 Å². The second-order valence-corrected chi connectivity index (χ2v) is 9.59. The first-order valence-electron chi connectivity index (χ1n) is 12.7. The van der Waals surface area contributed by atoms with Gasteiger partial charge in [-0.25, -0.2) is 9.37 Å². The van der Waals surface area contributed by atoms with Crippen molar-refractivity contribution in [1.29, 1.82) is 0 Å². The average Bonchev–Trinajstić information content (AvgIpc) is 2.94. The topological polar surface area (TPSA) is 72.4 Å². The first-order valence-corrected chi connectivity index (χ1v) is 12.7. The van der Waals surface area contributed by atoms with Crippen LogP contribution in [0.15, 0.2) is 36.4 Å². The number of rotatable bonds is 8. The fourth-order valence-electron chi connectivity index (χ4n) is 4.89. The van der Waals surface area contributed by atoms with Crippen molar-refractivity contribution in [2.24, 2.45) is 0 Å². The van der Waals surface area contributed by atoms with Crippen molar-refractivity contribution in [3.63, 3.8) is 0 Å². The monoisotopic (exact) mass is 523 g/mol. The third-order valence-electron chi connectivity index (χ3n) is 7.03. The van der Waals surface area contributed by atoms with E-state index in [1.165, 1.54) is 12.1 Å². The second-order valence-electron chi connectivity index (χ2n) is 9.59. The van der Waals surface area contributed by atoms with E-state index in [1.807, 2.05) is 12.1 Å². The van der Waals surface area contributed by atoms with E-state index in [2.05, 4.69) is 21.7 Å². The molecule has 0 unspecified atom stereocenters. The van der Waals surface area contributed by atoms with Crippen molar-refractivity contribution in [1.82, 2.24) is 19.8 Å². The van der Waals surface area contributed by atoms with E-state index in [9.17, 15) is 4.39 Å². The van der Waals surface area contributed by atoms with Crippen LogP contribution in [0.3, 0.4) is 0 Å². The van der Waals surface area contributed by atoms with E-state index in [4.69, 9.17) is 28.9 Å². The van der Waals surface area contributed by atoms with Gasteiger partial charge >= 0.3 is 0 Å². The molecule has 0 amide bonds. The van der Waals surface area contributed by atoms with E-state index < -0.39 is 0 Å². The molecule has 3 heterocycles. The average molecular weight is 524 g/mol. The standard InChI is InChI=1S/C28H34FN5O4/c1-32-11-13-34(14-12-32)28-30-23-9-10-33(17-19-15-24(35-2)26(37-4)25(16-19)36-3)18-22(23)27(31-28)38-21-7-5-20(29)6-8-21/h5-8,15-16H,9-14,17-18H2,1-4H3. The Morgan fingerprint density at radius 1 is 0.868 bits per heavy atom. The van der Waals surface area contributed by atoms with Gasteiger partial charge in [0.2, 0.25) is 17.6 Å². The minimum absolute atomic E-state index is 0.309. The number of halogens is 1. The number of benzene rings is 2. The SMILES string of the molecule is COc1cc(CN2CCc3nc(N4CCN(C)CC4)nc(Oc4ccc(F)cc4)c3C2)cc(OC)c1OC. The normalized spacial score (nSPS) is 16.2. The van der Waals surface area contributed by atoms with Crippen LogP contribution >= 0.6 is 0 Å². The van der Waals surface area contributed by atoms with E-state index >= 15 is 0 Å². The Morgan fingerprint density at radius 3 is 2.18 bits per heavy atom. The number of likely N-dealkylation sites (N-methyl/N-ethyl adjacent to an activating group) is 1. The Kier molecular flexibility index (Phi) is 7.80. The number of nitrogens with zero attached hydrogens (tertiary/aromatic N) is 5. The molecule has 1 aromatic heterocycles. The lowest BCUT2D eigenvalue weighted by molar-refractivity contribution is 0.236. The summed E-state index contributed by atoms with van der Waals surface area (Å²) in [6, 6.07) is 9.97. The summed E-state index contributed by atoms with van der Waals surface area (Å²) < 4.78 is 36.3. The molecular formula is C28H34FN5O4. The minimum atomic E-state index is -0.309. The van der Waals surface area contributed by atoms with Gasteiger partial charge in [-0.05, 0) is 49.0 Å². The molecule has 0 saturated carbocycles. The van der Waals surface area contributed by atoms with Crippen molar-refractivity contribution in [2.75, 3.05) is 66.0 Å². The van der Waals surface area contributed by atoms with E-state index in [0.29, 0.717) is 47.9 Å². The molecule has 38 heavy (non-hydrogen) atoms. The zero-order chi connectivity index (χ0) is 26.6. The summed E-state index contributed by atoms with van der Waals surface area (Å²) >= 11 is 0. The fourth-order valence-corrected chi connectivity index (χ4v) is 4.89. The molecule has 0 aliphatic carbocycles. The highest BCUT2D eigenvalue weighted by Crippen LogP contribution is 2.39. The summed E-state index contributed by atoms with van der Waals surface area (Å²) in [5.41, 5.74) is 2.98. The number of piperazine rings is 1.